The zero-order valence-corrected chi connectivity index (χ0v) is 14.5. The number of carbonyl (C=O) groups is 2. The van der Waals surface area contributed by atoms with E-state index >= 15 is 0 Å². The zero-order chi connectivity index (χ0) is 17.7. The van der Waals surface area contributed by atoms with Gasteiger partial charge in [0.1, 0.15) is 11.4 Å². The topological polar surface area (TPSA) is 58.6 Å². The lowest BCUT2D eigenvalue weighted by Gasteiger charge is -2.21. The number of halogens is 1. The summed E-state index contributed by atoms with van der Waals surface area (Å²) in [6.45, 7) is 7.19. The second-order valence-electron chi connectivity index (χ2n) is 7.18. The molecule has 6 heteroatoms. The highest BCUT2D eigenvalue weighted by atomic mass is 19.1. The van der Waals surface area contributed by atoms with Crippen molar-refractivity contribution in [1.29, 1.82) is 0 Å². The van der Waals surface area contributed by atoms with E-state index in [1.807, 2.05) is 20.8 Å². The molecule has 0 bridgehead atoms. The van der Waals surface area contributed by atoms with Crippen molar-refractivity contribution in [3.63, 3.8) is 0 Å². The predicted molar refractivity (Wildman–Crippen MR) is 89.0 cm³/mol. The molecule has 1 N–H and O–H groups in total. The Morgan fingerprint density at radius 1 is 1.38 bits per heavy atom. The number of ether oxygens (including phenoxy) is 1. The molecule has 1 saturated heterocycles. The van der Waals surface area contributed by atoms with Crippen LogP contribution in [0.5, 0.6) is 0 Å². The van der Waals surface area contributed by atoms with Crippen molar-refractivity contribution in [2.45, 2.75) is 39.2 Å². The molecule has 1 aliphatic rings. The lowest BCUT2D eigenvalue weighted by Crippen LogP contribution is -2.36. The molecule has 1 unspecified atom stereocenters. The molecular weight excluding hydrogens is 311 g/mol. The van der Waals surface area contributed by atoms with E-state index in [1.54, 1.807) is 17.0 Å². The van der Waals surface area contributed by atoms with Crippen LogP contribution in [0.1, 0.15) is 32.8 Å². The summed E-state index contributed by atoms with van der Waals surface area (Å²) >= 11 is 0. The third-order valence-corrected chi connectivity index (χ3v) is 3.82. The first-order valence-electron chi connectivity index (χ1n) is 8.22. The normalized spacial score (nSPS) is 17.7. The largest absolute Gasteiger partial charge is 0.444 e. The monoisotopic (exact) mass is 336 g/mol. The van der Waals surface area contributed by atoms with Crippen molar-refractivity contribution < 1.29 is 18.7 Å². The van der Waals surface area contributed by atoms with Crippen LogP contribution in [0.2, 0.25) is 0 Å². The summed E-state index contributed by atoms with van der Waals surface area (Å²) in [7, 11) is 0. The van der Waals surface area contributed by atoms with Crippen molar-refractivity contribution in [3.05, 3.63) is 35.6 Å². The molecule has 5 nitrogen and oxygen atoms in total. The van der Waals surface area contributed by atoms with Crippen LogP contribution in [-0.4, -0.2) is 42.1 Å². The Morgan fingerprint density at radius 3 is 2.79 bits per heavy atom. The molecule has 132 valence electrons. The summed E-state index contributed by atoms with van der Waals surface area (Å²) < 4.78 is 18.4. The van der Waals surface area contributed by atoms with Gasteiger partial charge in [-0.3, -0.25) is 4.79 Å². The van der Waals surface area contributed by atoms with Gasteiger partial charge in [-0.2, -0.15) is 0 Å². The van der Waals surface area contributed by atoms with E-state index in [9.17, 15) is 14.0 Å². The van der Waals surface area contributed by atoms with Gasteiger partial charge in [-0.15, -0.1) is 0 Å². The van der Waals surface area contributed by atoms with E-state index in [0.717, 1.165) is 6.42 Å². The molecule has 0 aliphatic carbocycles. The van der Waals surface area contributed by atoms with Crippen LogP contribution in [0.15, 0.2) is 24.3 Å². The van der Waals surface area contributed by atoms with Crippen molar-refractivity contribution in [2.24, 2.45) is 5.92 Å². The summed E-state index contributed by atoms with van der Waals surface area (Å²) in [5, 5.41) is 2.75. The van der Waals surface area contributed by atoms with Crippen LogP contribution >= 0.6 is 0 Å². The number of alkyl carbamates (subject to hydrolysis) is 1. The molecule has 2 rings (SSSR count). The van der Waals surface area contributed by atoms with Crippen LogP contribution in [0.3, 0.4) is 0 Å². The number of nitrogens with one attached hydrogen (secondary N) is 1. The van der Waals surface area contributed by atoms with Crippen molar-refractivity contribution in [3.8, 4) is 0 Å². The number of hydrogen-bond donors (Lipinski definition) is 1. The fourth-order valence-electron chi connectivity index (χ4n) is 2.70. The highest BCUT2D eigenvalue weighted by molar-refractivity contribution is 5.79. The molecule has 1 fully saturated rings. The Balaban J connectivity index is 1.76. The fourth-order valence-corrected chi connectivity index (χ4v) is 2.70. The lowest BCUT2D eigenvalue weighted by atomic mass is 10.1. The molecule has 0 aromatic heterocycles. The zero-order valence-electron chi connectivity index (χ0n) is 14.5. The Labute approximate surface area is 142 Å². The minimum atomic E-state index is -0.521. The maximum absolute atomic E-state index is 13.2. The van der Waals surface area contributed by atoms with E-state index < -0.39 is 11.7 Å². The molecule has 1 aliphatic heterocycles. The maximum Gasteiger partial charge on any atom is 0.407 e. The van der Waals surface area contributed by atoms with Gasteiger partial charge in [-0.25, -0.2) is 9.18 Å². The Hall–Kier alpha value is -2.11. The lowest BCUT2D eigenvalue weighted by molar-refractivity contribution is -0.129. The third-order valence-electron chi connectivity index (χ3n) is 3.82. The Morgan fingerprint density at radius 2 is 2.12 bits per heavy atom. The minimum Gasteiger partial charge on any atom is -0.444 e. The van der Waals surface area contributed by atoms with Crippen molar-refractivity contribution in [1.82, 2.24) is 10.2 Å². The first-order valence-corrected chi connectivity index (χ1v) is 8.22. The van der Waals surface area contributed by atoms with Gasteiger partial charge in [0.25, 0.3) is 0 Å². The molecule has 24 heavy (non-hydrogen) atoms. The summed E-state index contributed by atoms with van der Waals surface area (Å²) in [6.07, 6.45) is 0.598. The SMILES string of the molecule is CC(C)(C)OC(=O)NCC1CCN(C(=O)Cc2cccc(F)c2)C1. The predicted octanol–water partition coefficient (Wildman–Crippen LogP) is 2.74. The summed E-state index contributed by atoms with van der Waals surface area (Å²) in [5.41, 5.74) is 0.155. The second kappa shape index (κ2) is 7.64. The van der Waals surface area contributed by atoms with E-state index in [4.69, 9.17) is 4.74 Å². The highest BCUT2D eigenvalue weighted by Gasteiger charge is 2.27. The quantitative estimate of drug-likeness (QED) is 0.920. The number of benzene rings is 1. The Bertz CT molecular complexity index is 598. The molecule has 0 saturated carbocycles. The number of hydrogen-bond acceptors (Lipinski definition) is 3. The Kier molecular flexibility index (Phi) is 5.80. The van der Waals surface area contributed by atoms with Gasteiger partial charge >= 0.3 is 6.09 Å². The summed E-state index contributed by atoms with van der Waals surface area (Å²) in [6, 6.07) is 6.10. The van der Waals surface area contributed by atoms with Gasteiger partial charge in [0.2, 0.25) is 5.91 Å². The molecular formula is C18H25FN2O3. The smallest absolute Gasteiger partial charge is 0.407 e. The van der Waals surface area contributed by atoms with E-state index in [0.29, 0.717) is 25.2 Å². The molecule has 1 atom stereocenters. The minimum absolute atomic E-state index is 0.0135. The molecule has 1 aromatic carbocycles. The van der Waals surface area contributed by atoms with Crippen LogP contribution in [-0.2, 0) is 16.0 Å². The number of amides is 2. The molecule has 0 radical (unpaired) electrons. The second-order valence-corrected chi connectivity index (χ2v) is 7.18. The summed E-state index contributed by atoms with van der Waals surface area (Å²) in [4.78, 5) is 25.7. The first kappa shape index (κ1) is 18.2. The van der Waals surface area contributed by atoms with Gasteiger partial charge in [0, 0.05) is 19.6 Å². The number of nitrogens with zero attached hydrogens (tertiary/aromatic N) is 1. The average Bonchev–Trinajstić information content (AvgIpc) is 2.92. The van der Waals surface area contributed by atoms with Crippen molar-refractivity contribution in [2.75, 3.05) is 19.6 Å². The van der Waals surface area contributed by atoms with Crippen LogP contribution < -0.4 is 5.32 Å². The summed E-state index contributed by atoms with van der Waals surface area (Å²) in [5.74, 6) is -0.129. The van der Waals surface area contributed by atoms with Crippen molar-refractivity contribution >= 4 is 12.0 Å². The maximum atomic E-state index is 13.2. The number of rotatable bonds is 4. The molecule has 2 amide bonds. The first-order chi connectivity index (χ1) is 11.2. The van der Waals surface area contributed by atoms with Gasteiger partial charge in [-0.05, 0) is 50.8 Å². The van der Waals surface area contributed by atoms with E-state index in [2.05, 4.69) is 5.32 Å². The standard InChI is InChI=1S/C18H25FN2O3/c1-18(2,3)24-17(23)20-11-14-7-8-21(12-14)16(22)10-13-5-4-6-15(19)9-13/h4-6,9,14H,7-8,10-12H2,1-3H3,(H,20,23). The van der Waals surface area contributed by atoms with Crippen LogP contribution in [0, 0.1) is 11.7 Å². The number of likely N-dealkylation sites (tertiary alicyclic amines) is 1. The van der Waals surface area contributed by atoms with E-state index in [1.165, 1.54) is 12.1 Å². The molecule has 1 aromatic rings. The highest BCUT2D eigenvalue weighted by Crippen LogP contribution is 2.17. The average molecular weight is 336 g/mol. The van der Waals surface area contributed by atoms with Crippen LogP contribution in [0.4, 0.5) is 9.18 Å². The van der Waals surface area contributed by atoms with Gasteiger partial charge < -0.3 is 15.0 Å². The third kappa shape index (κ3) is 5.83. The van der Waals surface area contributed by atoms with Gasteiger partial charge in [-0.1, -0.05) is 12.1 Å². The molecule has 0 spiro atoms. The van der Waals surface area contributed by atoms with Gasteiger partial charge in [0.15, 0.2) is 0 Å². The molecule has 1 heterocycles. The van der Waals surface area contributed by atoms with Gasteiger partial charge in [0.05, 0.1) is 6.42 Å². The van der Waals surface area contributed by atoms with Crippen LogP contribution in [0.25, 0.3) is 0 Å². The van der Waals surface area contributed by atoms with E-state index in [-0.39, 0.29) is 24.1 Å². The number of carbonyl (C=O) groups excluding carboxylic acids is 2. The fraction of sp³-hybridized carbons (Fsp3) is 0.556.